The number of carbonyl (C=O) groups is 1. The number of amides is 1. The molecule has 1 aromatic carbocycles. The SMILES string of the molecule is [NH]NC(=O)c1ccc(C(F)(F)F)cc1. The number of hydrogen-bond acceptors (Lipinski definition) is 1. The van der Waals surface area contributed by atoms with Crippen molar-refractivity contribution in [2.75, 3.05) is 0 Å². The number of halogens is 3. The van der Waals surface area contributed by atoms with E-state index in [0.717, 1.165) is 24.3 Å². The Bertz CT molecular complexity index is 331. The summed E-state index contributed by atoms with van der Waals surface area (Å²) in [6.45, 7) is 0. The molecule has 0 aromatic heterocycles. The van der Waals surface area contributed by atoms with Gasteiger partial charge in [0.2, 0.25) is 0 Å². The van der Waals surface area contributed by atoms with Crippen molar-refractivity contribution in [1.82, 2.24) is 11.3 Å². The standard InChI is InChI=1S/C8H6F3N2O/c9-8(10,11)6-3-1-5(2-4-6)7(14)13-12/h1-4,12H,(H,13,14). The van der Waals surface area contributed by atoms with E-state index in [1.165, 1.54) is 0 Å². The summed E-state index contributed by atoms with van der Waals surface area (Å²) < 4.78 is 36.2. The van der Waals surface area contributed by atoms with Crippen LogP contribution in [-0.2, 0) is 6.18 Å². The molecule has 0 saturated heterocycles. The third-order valence-electron chi connectivity index (χ3n) is 1.59. The number of alkyl halides is 3. The van der Waals surface area contributed by atoms with Crippen LogP contribution in [0.15, 0.2) is 24.3 Å². The van der Waals surface area contributed by atoms with Crippen molar-refractivity contribution in [2.45, 2.75) is 6.18 Å². The van der Waals surface area contributed by atoms with Gasteiger partial charge >= 0.3 is 6.18 Å². The predicted molar refractivity (Wildman–Crippen MR) is 42.0 cm³/mol. The number of rotatable bonds is 1. The molecule has 3 nitrogen and oxygen atoms in total. The summed E-state index contributed by atoms with van der Waals surface area (Å²) in [5.74, 6) is 5.76. The highest BCUT2D eigenvalue weighted by Crippen LogP contribution is 2.28. The van der Waals surface area contributed by atoms with Crippen LogP contribution in [0.5, 0.6) is 0 Å². The van der Waals surface area contributed by atoms with E-state index in [0.29, 0.717) is 0 Å². The fourth-order valence-electron chi connectivity index (χ4n) is 0.883. The van der Waals surface area contributed by atoms with E-state index >= 15 is 0 Å². The lowest BCUT2D eigenvalue weighted by Crippen LogP contribution is -2.20. The summed E-state index contributed by atoms with van der Waals surface area (Å²) >= 11 is 0. The maximum atomic E-state index is 12.1. The van der Waals surface area contributed by atoms with E-state index in [1.54, 1.807) is 5.43 Å². The van der Waals surface area contributed by atoms with Crippen LogP contribution in [0.4, 0.5) is 13.2 Å². The van der Waals surface area contributed by atoms with Gasteiger partial charge in [0.15, 0.2) is 0 Å². The average molecular weight is 203 g/mol. The van der Waals surface area contributed by atoms with Gasteiger partial charge in [0.05, 0.1) is 5.56 Å². The molecule has 0 aliphatic heterocycles. The first kappa shape index (κ1) is 10.5. The summed E-state index contributed by atoms with van der Waals surface area (Å²) in [5.41, 5.74) is 0.770. The molecule has 0 atom stereocenters. The van der Waals surface area contributed by atoms with E-state index < -0.39 is 17.6 Å². The minimum atomic E-state index is -4.41. The van der Waals surface area contributed by atoms with Crippen molar-refractivity contribution in [3.63, 3.8) is 0 Å². The van der Waals surface area contributed by atoms with Crippen molar-refractivity contribution in [2.24, 2.45) is 0 Å². The van der Waals surface area contributed by atoms with Crippen LogP contribution < -0.4 is 11.3 Å². The Labute approximate surface area is 77.7 Å². The lowest BCUT2D eigenvalue weighted by Gasteiger charge is -2.06. The first-order chi connectivity index (χ1) is 6.45. The van der Waals surface area contributed by atoms with Crippen LogP contribution in [0.2, 0.25) is 0 Å². The van der Waals surface area contributed by atoms with E-state index in [-0.39, 0.29) is 5.56 Å². The summed E-state index contributed by atoms with van der Waals surface area (Å²) in [6.07, 6.45) is -4.41. The third-order valence-corrected chi connectivity index (χ3v) is 1.59. The second kappa shape index (κ2) is 3.67. The molecule has 0 heterocycles. The maximum Gasteiger partial charge on any atom is 0.416 e. The molecule has 2 N–H and O–H groups in total. The Kier molecular flexibility index (Phi) is 2.76. The molecule has 1 aromatic rings. The van der Waals surface area contributed by atoms with Crippen LogP contribution >= 0.6 is 0 Å². The fraction of sp³-hybridized carbons (Fsp3) is 0.125. The Morgan fingerprint density at radius 2 is 1.71 bits per heavy atom. The third kappa shape index (κ3) is 2.23. The molecular formula is C8H6F3N2O. The zero-order valence-electron chi connectivity index (χ0n) is 6.85. The predicted octanol–water partition coefficient (Wildman–Crippen LogP) is 1.63. The first-order valence-electron chi connectivity index (χ1n) is 3.59. The molecule has 0 bridgehead atoms. The van der Waals surface area contributed by atoms with Crippen molar-refractivity contribution >= 4 is 5.91 Å². The quantitative estimate of drug-likeness (QED) is 0.693. The molecule has 0 saturated carbocycles. The first-order valence-corrected chi connectivity index (χ1v) is 3.59. The molecule has 75 valence electrons. The maximum absolute atomic E-state index is 12.1. The van der Waals surface area contributed by atoms with Gasteiger partial charge in [-0.05, 0) is 24.3 Å². The number of benzene rings is 1. The minimum absolute atomic E-state index is 0.0213. The Hall–Kier alpha value is -1.56. The van der Waals surface area contributed by atoms with Crippen LogP contribution in [0.25, 0.3) is 0 Å². The Balaban J connectivity index is 2.95. The second-order valence-corrected chi connectivity index (χ2v) is 2.53. The molecular weight excluding hydrogens is 197 g/mol. The van der Waals surface area contributed by atoms with Gasteiger partial charge in [0, 0.05) is 5.56 Å². The number of carbonyl (C=O) groups excluding carboxylic acids is 1. The van der Waals surface area contributed by atoms with Gasteiger partial charge in [-0.2, -0.15) is 19.0 Å². The molecule has 1 rings (SSSR count). The zero-order chi connectivity index (χ0) is 10.8. The van der Waals surface area contributed by atoms with E-state index in [1.807, 2.05) is 0 Å². The Morgan fingerprint density at radius 1 is 1.21 bits per heavy atom. The van der Waals surface area contributed by atoms with Gasteiger partial charge in [-0.1, -0.05) is 0 Å². The molecule has 0 unspecified atom stereocenters. The Morgan fingerprint density at radius 3 is 2.07 bits per heavy atom. The highest BCUT2D eigenvalue weighted by molar-refractivity contribution is 5.93. The highest BCUT2D eigenvalue weighted by Gasteiger charge is 2.30. The van der Waals surface area contributed by atoms with Gasteiger partial charge in [0.25, 0.3) is 5.91 Å². The topological polar surface area (TPSA) is 52.9 Å². The van der Waals surface area contributed by atoms with Crippen LogP contribution in [0.3, 0.4) is 0 Å². The van der Waals surface area contributed by atoms with Crippen molar-refractivity contribution in [3.05, 3.63) is 35.4 Å². The minimum Gasteiger partial charge on any atom is -0.272 e. The summed E-state index contributed by atoms with van der Waals surface area (Å²) in [4.78, 5) is 10.8. The largest absolute Gasteiger partial charge is 0.416 e. The van der Waals surface area contributed by atoms with Crippen molar-refractivity contribution < 1.29 is 18.0 Å². The molecule has 1 amide bonds. The van der Waals surface area contributed by atoms with E-state index in [9.17, 15) is 18.0 Å². The van der Waals surface area contributed by atoms with Crippen LogP contribution in [-0.4, -0.2) is 5.91 Å². The molecule has 0 spiro atoms. The van der Waals surface area contributed by atoms with Crippen LogP contribution in [0.1, 0.15) is 15.9 Å². The van der Waals surface area contributed by atoms with Gasteiger partial charge < -0.3 is 0 Å². The molecule has 0 aliphatic carbocycles. The van der Waals surface area contributed by atoms with Gasteiger partial charge in [-0.3, -0.25) is 10.2 Å². The lowest BCUT2D eigenvalue weighted by molar-refractivity contribution is -0.137. The molecule has 14 heavy (non-hydrogen) atoms. The van der Waals surface area contributed by atoms with Gasteiger partial charge in [-0.25, -0.2) is 0 Å². The monoisotopic (exact) mass is 203 g/mol. The summed E-state index contributed by atoms with van der Waals surface area (Å²) in [5, 5.41) is 0. The van der Waals surface area contributed by atoms with Crippen LogP contribution in [0, 0.1) is 0 Å². The molecule has 0 aliphatic rings. The second-order valence-electron chi connectivity index (χ2n) is 2.53. The van der Waals surface area contributed by atoms with Gasteiger partial charge in [0.1, 0.15) is 0 Å². The number of nitrogens with one attached hydrogen (secondary N) is 2. The number of hydrogen-bond donors (Lipinski definition) is 1. The highest BCUT2D eigenvalue weighted by atomic mass is 19.4. The lowest BCUT2D eigenvalue weighted by atomic mass is 10.1. The summed E-state index contributed by atoms with van der Waals surface area (Å²) in [6, 6.07) is 3.63. The van der Waals surface area contributed by atoms with Gasteiger partial charge in [-0.15, -0.1) is 0 Å². The van der Waals surface area contributed by atoms with Crippen molar-refractivity contribution in [3.8, 4) is 0 Å². The van der Waals surface area contributed by atoms with E-state index in [2.05, 4.69) is 0 Å². The summed E-state index contributed by atoms with van der Waals surface area (Å²) in [7, 11) is 0. The molecule has 1 radical (unpaired) electrons. The molecule has 6 heteroatoms. The fourth-order valence-corrected chi connectivity index (χ4v) is 0.883. The zero-order valence-corrected chi connectivity index (χ0v) is 6.85. The van der Waals surface area contributed by atoms with Crippen molar-refractivity contribution in [1.29, 1.82) is 0 Å². The average Bonchev–Trinajstić information content (AvgIpc) is 2.15. The molecule has 0 fully saturated rings. The van der Waals surface area contributed by atoms with E-state index in [4.69, 9.17) is 5.84 Å². The smallest absolute Gasteiger partial charge is 0.272 e. The normalized spacial score (nSPS) is 11.1.